The third kappa shape index (κ3) is 5.34. The van der Waals surface area contributed by atoms with E-state index in [-0.39, 0.29) is 17.6 Å². The van der Waals surface area contributed by atoms with Crippen molar-refractivity contribution in [3.63, 3.8) is 0 Å². The van der Waals surface area contributed by atoms with E-state index in [1.165, 1.54) is 0 Å². The standard InChI is InChI=1S/C16H27N3O2/c1-5-12(6-2)15(20)13-10-14(18-11-13)16(21)17-8-7-9-19(3)4/h10-12,18H,5-9H2,1-4H3,(H,17,21). The first-order valence-electron chi connectivity index (χ1n) is 7.65. The van der Waals surface area contributed by atoms with Gasteiger partial charge in [0.15, 0.2) is 5.78 Å². The molecule has 0 fully saturated rings. The van der Waals surface area contributed by atoms with Gasteiger partial charge < -0.3 is 15.2 Å². The maximum atomic E-state index is 12.2. The first kappa shape index (κ1) is 17.4. The van der Waals surface area contributed by atoms with Crippen LogP contribution in [0.3, 0.4) is 0 Å². The van der Waals surface area contributed by atoms with E-state index in [9.17, 15) is 9.59 Å². The second-order valence-corrected chi connectivity index (χ2v) is 5.59. The van der Waals surface area contributed by atoms with Gasteiger partial charge in [-0.05, 0) is 46.0 Å². The van der Waals surface area contributed by atoms with Gasteiger partial charge >= 0.3 is 0 Å². The molecule has 1 aromatic heterocycles. The number of amides is 1. The van der Waals surface area contributed by atoms with E-state index in [0.29, 0.717) is 17.8 Å². The summed E-state index contributed by atoms with van der Waals surface area (Å²) < 4.78 is 0. The van der Waals surface area contributed by atoms with E-state index in [2.05, 4.69) is 15.2 Å². The first-order chi connectivity index (χ1) is 9.99. The van der Waals surface area contributed by atoms with E-state index in [0.717, 1.165) is 25.8 Å². The Morgan fingerprint density at radius 3 is 2.52 bits per heavy atom. The van der Waals surface area contributed by atoms with Gasteiger partial charge in [-0.3, -0.25) is 9.59 Å². The van der Waals surface area contributed by atoms with Crippen molar-refractivity contribution in [2.24, 2.45) is 5.92 Å². The first-order valence-corrected chi connectivity index (χ1v) is 7.65. The highest BCUT2D eigenvalue weighted by molar-refractivity contribution is 6.01. The SMILES string of the molecule is CCC(CC)C(=O)c1c[nH]c(C(=O)NCCCN(C)C)c1. The van der Waals surface area contributed by atoms with Crippen LogP contribution in [-0.2, 0) is 0 Å². The molecule has 0 aliphatic rings. The molecule has 5 heteroatoms. The summed E-state index contributed by atoms with van der Waals surface area (Å²) in [6.45, 7) is 5.59. The minimum absolute atomic E-state index is 0.0387. The number of aromatic nitrogens is 1. The Labute approximate surface area is 127 Å². The maximum absolute atomic E-state index is 12.2. The number of nitrogens with one attached hydrogen (secondary N) is 2. The molecule has 1 rings (SSSR count). The molecule has 0 atom stereocenters. The summed E-state index contributed by atoms with van der Waals surface area (Å²) in [5.41, 5.74) is 1.05. The number of aromatic amines is 1. The van der Waals surface area contributed by atoms with Crippen molar-refractivity contribution in [2.45, 2.75) is 33.1 Å². The van der Waals surface area contributed by atoms with Crippen LogP contribution in [-0.4, -0.2) is 48.8 Å². The van der Waals surface area contributed by atoms with Gasteiger partial charge in [-0.15, -0.1) is 0 Å². The van der Waals surface area contributed by atoms with Crippen LogP contribution in [0, 0.1) is 5.92 Å². The van der Waals surface area contributed by atoms with Crippen LogP contribution >= 0.6 is 0 Å². The lowest BCUT2D eigenvalue weighted by molar-refractivity contribution is 0.0913. The van der Waals surface area contributed by atoms with Crippen molar-refractivity contribution >= 4 is 11.7 Å². The van der Waals surface area contributed by atoms with Crippen LogP contribution in [0.25, 0.3) is 0 Å². The molecule has 0 aliphatic carbocycles. The van der Waals surface area contributed by atoms with Crippen molar-refractivity contribution in [3.8, 4) is 0 Å². The van der Waals surface area contributed by atoms with Crippen molar-refractivity contribution in [1.29, 1.82) is 0 Å². The molecule has 5 nitrogen and oxygen atoms in total. The topological polar surface area (TPSA) is 65.2 Å². The van der Waals surface area contributed by atoms with Crippen LogP contribution in [0.2, 0.25) is 0 Å². The van der Waals surface area contributed by atoms with Crippen LogP contribution < -0.4 is 5.32 Å². The number of H-pyrrole nitrogens is 1. The lowest BCUT2D eigenvalue weighted by Crippen LogP contribution is -2.27. The summed E-state index contributed by atoms with van der Waals surface area (Å²) >= 11 is 0. The largest absolute Gasteiger partial charge is 0.356 e. The number of ketones is 1. The van der Waals surface area contributed by atoms with Gasteiger partial charge in [-0.25, -0.2) is 0 Å². The molecule has 2 N–H and O–H groups in total. The van der Waals surface area contributed by atoms with Gasteiger partial charge in [0.25, 0.3) is 5.91 Å². The molecule has 0 saturated heterocycles. The fourth-order valence-electron chi connectivity index (χ4n) is 2.26. The number of carbonyl (C=O) groups excluding carboxylic acids is 2. The highest BCUT2D eigenvalue weighted by Crippen LogP contribution is 2.16. The fourth-order valence-corrected chi connectivity index (χ4v) is 2.26. The number of Topliss-reactive ketones (excluding diaryl/α,β-unsaturated/α-hetero) is 1. The van der Waals surface area contributed by atoms with E-state index in [1.54, 1.807) is 12.3 Å². The number of rotatable bonds is 9. The monoisotopic (exact) mass is 293 g/mol. The second kappa shape index (κ2) is 8.62. The van der Waals surface area contributed by atoms with Crippen molar-refractivity contribution < 1.29 is 9.59 Å². The smallest absolute Gasteiger partial charge is 0.267 e. The highest BCUT2D eigenvalue weighted by atomic mass is 16.2. The van der Waals surface area contributed by atoms with Gasteiger partial charge in [0.05, 0.1) is 0 Å². The van der Waals surface area contributed by atoms with E-state index in [4.69, 9.17) is 0 Å². The predicted molar refractivity (Wildman–Crippen MR) is 84.7 cm³/mol. The predicted octanol–water partition coefficient (Wildman–Crippen LogP) is 2.32. The Hall–Kier alpha value is -1.62. The molecular weight excluding hydrogens is 266 g/mol. The molecular formula is C16H27N3O2. The molecule has 0 radical (unpaired) electrons. The molecule has 1 aromatic rings. The Balaban J connectivity index is 2.54. The second-order valence-electron chi connectivity index (χ2n) is 5.59. The van der Waals surface area contributed by atoms with Gasteiger partial charge in [-0.2, -0.15) is 0 Å². The number of carbonyl (C=O) groups is 2. The molecule has 21 heavy (non-hydrogen) atoms. The Morgan fingerprint density at radius 1 is 1.29 bits per heavy atom. The lowest BCUT2D eigenvalue weighted by atomic mass is 9.94. The summed E-state index contributed by atoms with van der Waals surface area (Å²) in [4.78, 5) is 29.2. The zero-order valence-corrected chi connectivity index (χ0v) is 13.5. The normalized spacial score (nSPS) is 11.1. The molecule has 0 saturated carbocycles. The molecule has 0 spiro atoms. The summed E-state index contributed by atoms with van der Waals surface area (Å²) in [6.07, 6.45) is 4.19. The van der Waals surface area contributed by atoms with Crippen molar-refractivity contribution in [2.75, 3.05) is 27.2 Å². The quantitative estimate of drug-likeness (QED) is 0.542. The minimum Gasteiger partial charge on any atom is -0.356 e. The number of hydrogen-bond acceptors (Lipinski definition) is 3. The zero-order chi connectivity index (χ0) is 15.8. The molecule has 0 aromatic carbocycles. The van der Waals surface area contributed by atoms with E-state index < -0.39 is 0 Å². The van der Waals surface area contributed by atoms with Crippen LogP contribution in [0.15, 0.2) is 12.3 Å². The average molecular weight is 293 g/mol. The fraction of sp³-hybridized carbons (Fsp3) is 0.625. The maximum Gasteiger partial charge on any atom is 0.267 e. The summed E-state index contributed by atoms with van der Waals surface area (Å²) in [7, 11) is 4.01. The third-order valence-corrected chi connectivity index (χ3v) is 3.64. The molecule has 0 bridgehead atoms. The van der Waals surface area contributed by atoms with Gasteiger partial charge in [0.1, 0.15) is 5.69 Å². The van der Waals surface area contributed by atoms with Gasteiger partial charge in [0.2, 0.25) is 0 Å². The van der Waals surface area contributed by atoms with Crippen molar-refractivity contribution in [3.05, 3.63) is 23.5 Å². The average Bonchev–Trinajstić information content (AvgIpc) is 2.94. The van der Waals surface area contributed by atoms with Gasteiger partial charge in [0, 0.05) is 24.2 Å². The zero-order valence-electron chi connectivity index (χ0n) is 13.5. The summed E-state index contributed by atoms with van der Waals surface area (Å²) in [5, 5.41) is 2.86. The summed E-state index contributed by atoms with van der Waals surface area (Å²) in [6, 6.07) is 1.65. The molecule has 1 heterocycles. The van der Waals surface area contributed by atoms with E-state index >= 15 is 0 Å². The Morgan fingerprint density at radius 2 is 1.95 bits per heavy atom. The molecule has 0 aliphatic heterocycles. The van der Waals surface area contributed by atoms with E-state index in [1.807, 2.05) is 27.9 Å². The summed E-state index contributed by atoms with van der Waals surface area (Å²) in [5.74, 6) is -0.00272. The Kier molecular flexibility index (Phi) is 7.15. The third-order valence-electron chi connectivity index (χ3n) is 3.64. The highest BCUT2D eigenvalue weighted by Gasteiger charge is 2.19. The molecule has 118 valence electrons. The van der Waals surface area contributed by atoms with Crippen LogP contribution in [0.5, 0.6) is 0 Å². The number of nitrogens with zero attached hydrogens (tertiary/aromatic N) is 1. The van der Waals surface area contributed by atoms with Gasteiger partial charge in [-0.1, -0.05) is 13.8 Å². The van der Waals surface area contributed by atoms with Crippen LogP contribution in [0.4, 0.5) is 0 Å². The lowest BCUT2D eigenvalue weighted by Gasteiger charge is -2.09. The molecule has 1 amide bonds. The number of hydrogen-bond donors (Lipinski definition) is 2. The molecule has 0 unspecified atom stereocenters. The Bertz CT molecular complexity index is 462. The van der Waals surface area contributed by atoms with Crippen molar-refractivity contribution in [1.82, 2.24) is 15.2 Å². The van der Waals surface area contributed by atoms with Crippen LogP contribution in [0.1, 0.15) is 54.0 Å². The minimum atomic E-state index is -0.155.